The van der Waals surface area contributed by atoms with Gasteiger partial charge in [-0.2, -0.15) is 0 Å². The number of nitrogens with one attached hydrogen (secondary N) is 1. The Hall–Kier alpha value is -1.10. The number of rotatable bonds is 8. The van der Waals surface area contributed by atoms with Crippen LogP contribution in [0.15, 0.2) is 18.2 Å². The number of benzene rings is 1. The zero-order chi connectivity index (χ0) is 15.1. The third kappa shape index (κ3) is 5.30. The van der Waals surface area contributed by atoms with Crippen molar-refractivity contribution in [3.05, 3.63) is 29.3 Å². The predicted octanol–water partition coefficient (Wildman–Crippen LogP) is 1.73. The van der Waals surface area contributed by atoms with Crippen molar-refractivity contribution in [3.63, 3.8) is 0 Å². The molecule has 2 rings (SSSR count). The highest BCUT2D eigenvalue weighted by molar-refractivity contribution is 5.39. The van der Waals surface area contributed by atoms with E-state index in [1.807, 2.05) is 32.0 Å². The summed E-state index contributed by atoms with van der Waals surface area (Å²) in [5.41, 5.74) is 2.23. The summed E-state index contributed by atoms with van der Waals surface area (Å²) in [6.45, 7) is 9.43. The van der Waals surface area contributed by atoms with Crippen LogP contribution in [0.5, 0.6) is 5.75 Å². The average Bonchev–Trinajstić information content (AvgIpc) is 2.96. The van der Waals surface area contributed by atoms with Crippen molar-refractivity contribution in [3.8, 4) is 5.75 Å². The minimum atomic E-state index is -0.470. The van der Waals surface area contributed by atoms with Crippen LogP contribution in [0.1, 0.15) is 24.0 Å². The molecule has 1 aromatic carbocycles. The summed E-state index contributed by atoms with van der Waals surface area (Å²) in [5.74, 6) is 0.897. The normalized spacial score (nSPS) is 17.1. The van der Waals surface area contributed by atoms with Gasteiger partial charge in [0.05, 0.1) is 0 Å². The summed E-state index contributed by atoms with van der Waals surface area (Å²) in [6.07, 6.45) is 2.18. The topological polar surface area (TPSA) is 44.7 Å². The first kappa shape index (κ1) is 16.3. The van der Waals surface area contributed by atoms with Crippen LogP contribution in [-0.4, -0.2) is 55.4 Å². The molecule has 4 nitrogen and oxygen atoms in total. The van der Waals surface area contributed by atoms with Gasteiger partial charge in [0.15, 0.2) is 0 Å². The summed E-state index contributed by atoms with van der Waals surface area (Å²) in [4.78, 5) is 2.46. The maximum absolute atomic E-state index is 9.98. The summed E-state index contributed by atoms with van der Waals surface area (Å²) in [5, 5.41) is 13.3. The second-order valence-corrected chi connectivity index (χ2v) is 5.94. The minimum absolute atomic E-state index is 0.336. The van der Waals surface area contributed by atoms with Crippen LogP contribution in [-0.2, 0) is 0 Å². The van der Waals surface area contributed by atoms with Gasteiger partial charge in [0.25, 0.3) is 0 Å². The van der Waals surface area contributed by atoms with E-state index >= 15 is 0 Å². The molecule has 0 saturated carbocycles. The van der Waals surface area contributed by atoms with Gasteiger partial charge in [0.1, 0.15) is 18.5 Å². The molecule has 0 radical (unpaired) electrons. The van der Waals surface area contributed by atoms with Gasteiger partial charge in [-0.25, -0.2) is 0 Å². The molecule has 2 N–H and O–H groups in total. The molecule has 1 aliphatic rings. The Morgan fingerprint density at radius 2 is 1.90 bits per heavy atom. The highest BCUT2D eigenvalue weighted by Crippen LogP contribution is 2.22. The summed E-state index contributed by atoms with van der Waals surface area (Å²) in [6, 6.07) is 6.08. The molecule has 0 bridgehead atoms. The number of aliphatic hydroxyl groups excluding tert-OH is 1. The van der Waals surface area contributed by atoms with Gasteiger partial charge in [-0.3, -0.25) is 0 Å². The fourth-order valence-corrected chi connectivity index (χ4v) is 2.78. The molecule has 1 atom stereocenters. The third-order valence-corrected chi connectivity index (χ3v) is 4.01. The number of aryl methyl sites for hydroxylation is 2. The van der Waals surface area contributed by atoms with Crippen molar-refractivity contribution in [1.82, 2.24) is 10.2 Å². The van der Waals surface area contributed by atoms with Gasteiger partial charge >= 0.3 is 0 Å². The molecule has 1 aromatic rings. The summed E-state index contributed by atoms with van der Waals surface area (Å²) in [7, 11) is 0. The van der Waals surface area contributed by atoms with Crippen LogP contribution >= 0.6 is 0 Å². The minimum Gasteiger partial charge on any atom is -0.490 e. The number of hydrogen-bond acceptors (Lipinski definition) is 4. The lowest BCUT2D eigenvalue weighted by Crippen LogP contribution is -2.36. The van der Waals surface area contributed by atoms with Crippen molar-refractivity contribution in [1.29, 1.82) is 0 Å². The van der Waals surface area contributed by atoms with Crippen LogP contribution < -0.4 is 10.1 Å². The molecular formula is C17H28N2O2. The quantitative estimate of drug-likeness (QED) is 0.716. The fraction of sp³-hybridized carbons (Fsp3) is 0.647. The molecule has 0 aliphatic carbocycles. The fourth-order valence-electron chi connectivity index (χ4n) is 2.78. The zero-order valence-corrected chi connectivity index (χ0v) is 13.3. The molecule has 0 aromatic heterocycles. The van der Waals surface area contributed by atoms with E-state index in [1.165, 1.54) is 25.9 Å². The molecule has 1 heterocycles. The smallest absolute Gasteiger partial charge is 0.125 e. The monoisotopic (exact) mass is 292 g/mol. The largest absolute Gasteiger partial charge is 0.490 e. The first-order chi connectivity index (χ1) is 10.2. The lowest BCUT2D eigenvalue weighted by molar-refractivity contribution is 0.105. The maximum atomic E-state index is 9.98. The van der Waals surface area contributed by atoms with E-state index in [0.29, 0.717) is 13.2 Å². The predicted molar refractivity (Wildman–Crippen MR) is 86.0 cm³/mol. The molecular weight excluding hydrogens is 264 g/mol. The van der Waals surface area contributed by atoms with Crippen molar-refractivity contribution in [2.75, 3.05) is 39.3 Å². The van der Waals surface area contributed by atoms with Crippen LogP contribution in [0.25, 0.3) is 0 Å². The molecule has 1 fully saturated rings. The molecule has 0 amide bonds. The van der Waals surface area contributed by atoms with E-state index in [4.69, 9.17) is 4.74 Å². The first-order valence-electron chi connectivity index (χ1n) is 7.97. The first-order valence-corrected chi connectivity index (χ1v) is 7.97. The van der Waals surface area contributed by atoms with Crippen molar-refractivity contribution in [2.45, 2.75) is 32.8 Å². The Morgan fingerprint density at radius 1 is 1.24 bits per heavy atom. The van der Waals surface area contributed by atoms with Crippen molar-refractivity contribution in [2.24, 2.45) is 0 Å². The van der Waals surface area contributed by atoms with E-state index in [2.05, 4.69) is 10.2 Å². The van der Waals surface area contributed by atoms with Gasteiger partial charge in [-0.05, 0) is 50.9 Å². The van der Waals surface area contributed by atoms with E-state index in [9.17, 15) is 5.11 Å². The molecule has 118 valence electrons. The Kier molecular flexibility index (Phi) is 6.49. The lowest BCUT2D eigenvalue weighted by Gasteiger charge is -2.18. The van der Waals surface area contributed by atoms with E-state index in [0.717, 1.165) is 30.0 Å². The SMILES string of the molecule is Cc1cccc(C)c1OCC(O)CNCCN1CCCC1. The zero-order valence-electron chi connectivity index (χ0n) is 13.3. The highest BCUT2D eigenvalue weighted by Gasteiger charge is 2.11. The van der Waals surface area contributed by atoms with Crippen molar-refractivity contribution >= 4 is 0 Å². The number of hydrogen-bond donors (Lipinski definition) is 2. The van der Waals surface area contributed by atoms with Crippen LogP contribution in [0.3, 0.4) is 0 Å². The van der Waals surface area contributed by atoms with Gasteiger partial charge in [-0.15, -0.1) is 0 Å². The van der Waals surface area contributed by atoms with Crippen LogP contribution in [0.4, 0.5) is 0 Å². The van der Waals surface area contributed by atoms with Gasteiger partial charge in [0.2, 0.25) is 0 Å². The number of para-hydroxylation sites is 1. The molecule has 0 spiro atoms. The summed E-state index contributed by atoms with van der Waals surface area (Å²) < 4.78 is 5.76. The molecule has 21 heavy (non-hydrogen) atoms. The van der Waals surface area contributed by atoms with Gasteiger partial charge < -0.3 is 20.1 Å². The Bertz CT molecular complexity index is 411. The van der Waals surface area contributed by atoms with Gasteiger partial charge in [0, 0.05) is 19.6 Å². The third-order valence-electron chi connectivity index (χ3n) is 4.01. The number of nitrogens with zero attached hydrogens (tertiary/aromatic N) is 1. The standard InChI is InChI=1S/C17H28N2O2/c1-14-6-5-7-15(2)17(14)21-13-16(20)12-18-8-11-19-9-3-4-10-19/h5-7,16,18,20H,3-4,8-13H2,1-2H3. The maximum Gasteiger partial charge on any atom is 0.125 e. The van der Waals surface area contributed by atoms with E-state index in [-0.39, 0.29) is 0 Å². The number of aliphatic hydroxyl groups is 1. The Labute approximate surface area is 128 Å². The number of ether oxygens (including phenoxy) is 1. The second-order valence-electron chi connectivity index (χ2n) is 5.94. The summed E-state index contributed by atoms with van der Waals surface area (Å²) >= 11 is 0. The Morgan fingerprint density at radius 3 is 2.57 bits per heavy atom. The average molecular weight is 292 g/mol. The highest BCUT2D eigenvalue weighted by atomic mass is 16.5. The van der Waals surface area contributed by atoms with Crippen molar-refractivity contribution < 1.29 is 9.84 Å². The Balaban J connectivity index is 1.62. The van der Waals surface area contributed by atoms with Gasteiger partial charge in [-0.1, -0.05) is 18.2 Å². The van der Waals surface area contributed by atoms with E-state index < -0.39 is 6.10 Å². The van der Waals surface area contributed by atoms with Crippen LogP contribution in [0, 0.1) is 13.8 Å². The molecule has 1 unspecified atom stereocenters. The molecule has 1 saturated heterocycles. The van der Waals surface area contributed by atoms with Crippen LogP contribution in [0.2, 0.25) is 0 Å². The molecule has 1 aliphatic heterocycles. The number of likely N-dealkylation sites (tertiary alicyclic amines) is 1. The second kappa shape index (κ2) is 8.37. The lowest BCUT2D eigenvalue weighted by atomic mass is 10.1. The van der Waals surface area contributed by atoms with E-state index in [1.54, 1.807) is 0 Å². The molecule has 4 heteroatoms.